The third-order valence-corrected chi connectivity index (χ3v) is 5.29. The Morgan fingerprint density at radius 1 is 1.18 bits per heavy atom. The third kappa shape index (κ3) is 5.30. The predicted octanol–water partition coefficient (Wildman–Crippen LogP) is -0.102. The number of hydrogen-bond donors (Lipinski definition) is 2. The summed E-state index contributed by atoms with van der Waals surface area (Å²) in [5.74, 6) is -0.629. The van der Waals surface area contributed by atoms with E-state index < -0.39 is 6.04 Å². The first kappa shape index (κ1) is 20.3. The zero-order chi connectivity index (χ0) is 20.1. The molecule has 2 aliphatic heterocycles. The lowest BCUT2D eigenvalue weighted by Crippen LogP contribution is -2.60. The zero-order valence-corrected chi connectivity index (χ0v) is 16.6. The van der Waals surface area contributed by atoms with Crippen LogP contribution < -0.4 is 10.6 Å². The Balaban J connectivity index is 1.60. The second kappa shape index (κ2) is 9.16. The van der Waals surface area contributed by atoms with Crippen LogP contribution in [0.4, 0.5) is 5.69 Å². The molecule has 3 amide bonds. The molecular formula is C20H29N5O3. The molecule has 0 unspecified atom stereocenters. The van der Waals surface area contributed by atoms with Crippen LogP contribution in [0, 0.1) is 6.92 Å². The lowest BCUT2D eigenvalue weighted by molar-refractivity contribution is -0.145. The molecule has 28 heavy (non-hydrogen) atoms. The van der Waals surface area contributed by atoms with E-state index in [0.717, 1.165) is 31.7 Å². The minimum Gasteiger partial charge on any atom is -0.353 e. The van der Waals surface area contributed by atoms with Gasteiger partial charge in [0.25, 0.3) is 0 Å². The van der Waals surface area contributed by atoms with Crippen LogP contribution in [0.2, 0.25) is 0 Å². The monoisotopic (exact) mass is 387 g/mol. The van der Waals surface area contributed by atoms with Gasteiger partial charge in [-0.2, -0.15) is 0 Å². The molecule has 0 bridgehead atoms. The number of carbonyl (C=O) groups is 3. The first-order valence-corrected chi connectivity index (χ1v) is 9.77. The second-order valence-corrected chi connectivity index (χ2v) is 7.60. The van der Waals surface area contributed by atoms with Crippen molar-refractivity contribution in [2.75, 3.05) is 58.2 Å². The highest BCUT2D eigenvalue weighted by Gasteiger charge is 2.35. The molecule has 2 saturated heterocycles. The minimum atomic E-state index is -0.765. The summed E-state index contributed by atoms with van der Waals surface area (Å²) in [7, 11) is 2.07. The number of nitrogens with zero attached hydrogens (tertiary/aromatic N) is 3. The average molecular weight is 387 g/mol. The fraction of sp³-hybridized carbons (Fsp3) is 0.550. The van der Waals surface area contributed by atoms with E-state index in [4.69, 9.17) is 0 Å². The van der Waals surface area contributed by atoms with E-state index >= 15 is 0 Å². The molecule has 2 fully saturated rings. The number of anilines is 1. The molecule has 0 spiro atoms. The van der Waals surface area contributed by atoms with Crippen molar-refractivity contribution in [3.63, 3.8) is 0 Å². The number of piperazine rings is 2. The Bertz CT molecular complexity index is 730. The first-order valence-electron chi connectivity index (χ1n) is 9.77. The molecule has 2 heterocycles. The van der Waals surface area contributed by atoms with Crippen LogP contribution in [0.15, 0.2) is 24.3 Å². The summed E-state index contributed by atoms with van der Waals surface area (Å²) in [6.07, 6.45) is -0.0474. The number of amides is 3. The van der Waals surface area contributed by atoms with Crippen molar-refractivity contribution in [2.24, 2.45) is 0 Å². The van der Waals surface area contributed by atoms with Gasteiger partial charge in [-0.25, -0.2) is 0 Å². The van der Waals surface area contributed by atoms with Crippen LogP contribution in [0.1, 0.15) is 12.0 Å². The Hall–Kier alpha value is -2.45. The maximum Gasteiger partial charge on any atom is 0.243 e. The topological polar surface area (TPSA) is 85.0 Å². The van der Waals surface area contributed by atoms with Crippen LogP contribution in [0.3, 0.4) is 0 Å². The van der Waals surface area contributed by atoms with Gasteiger partial charge in [0, 0.05) is 45.0 Å². The Morgan fingerprint density at radius 2 is 1.93 bits per heavy atom. The molecule has 3 rings (SSSR count). The van der Waals surface area contributed by atoms with Crippen LogP contribution in [0.5, 0.6) is 0 Å². The van der Waals surface area contributed by atoms with Gasteiger partial charge < -0.3 is 20.4 Å². The molecule has 8 nitrogen and oxygen atoms in total. The summed E-state index contributed by atoms with van der Waals surface area (Å²) < 4.78 is 0. The third-order valence-electron chi connectivity index (χ3n) is 5.29. The zero-order valence-electron chi connectivity index (χ0n) is 16.6. The Kier molecular flexibility index (Phi) is 6.64. The SMILES string of the molecule is Cc1cccc(NC(=O)C[C@H]2C(=O)NCCN2C(=O)CN2CCN(C)CC2)c1. The lowest BCUT2D eigenvalue weighted by atomic mass is 10.1. The van der Waals surface area contributed by atoms with Crippen molar-refractivity contribution >= 4 is 23.4 Å². The highest BCUT2D eigenvalue weighted by atomic mass is 16.2. The molecule has 8 heteroatoms. The van der Waals surface area contributed by atoms with Gasteiger partial charge in [0.05, 0.1) is 13.0 Å². The molecule has 0 saturated carbocycles. The van der Waals surface area contributed by atoms with Gasteiger partial charge in [-0.05, 0) is 31.7 Å². The summed E-state index contributed by atoms with van der Waals surface area (Å²) >= 11 is 0. The van der Waals surface area contributed by atoms with Gasteiger partial charge in [-0.3, -0.25) is 19.3 Å². The van der Waals surface area contributed by atoms with Crippen molar-refractivity contribution in [3.8, 4) is 0 Å². The fourth-order valence-corrected chi connectivity index (χ4v) is 3.61. The van der Waals surface area contributed by atoms with Crippen LogP contribution in [0.25, 0.3) is 0 Å². The van der Waals surface area contributed by atoms with E-state index in [1.165, 1.54) is 0 Å². The van der Waals surface area contributed by atoms with Gasteiger partial charge in [0.1, 0.15) is 6.04 Å². The molecule has 1 aromatic carbocycles. The van der Waals surface area contributed by atoms with Gasteiger partial charge in [0.15, 0.2) is 0 Å². The van der Waals surface area contributed by atoms with E-state index in [9.17, 15) is 14.4 Å². The molecule has 152 valence electrons. The van der Waals surface area contributed by atoms with Crippen LogP contribution in [-0.2, 0) is 14.4 Å². The average Bonchev–Trinajstić information content (AvgIpc) is 2.65. The summed E-state index contributed by atoms with van der Waals surface area (Å²) in [6.45, 7) is 6.61. The summed E-state index contributed by atoms with van der Waals surface area (Å²) in [4.78, 5) is 43.6. The number of rotatable bonds is 5. The van der Waals surface area contributed by atoms with E-state index in [0.29, 0.717) is 18.8 Å². The number of hydrogen-bond acceptors (Lipinski definition) is 5. The molecule has 0 radical (unpaired) electrons. The van der Waals surface area contributed by atoms with E-state index in [1.807, 2.05) is 31.2 Å². The number of likely N-dealkylation sites (N-methyl/N-ethyl adjacent to an activating group) is 1. The Morgan fingerprint density at radius 3 is 2.64 bits per heavy atom. The standard InChI is InChI=1S/C20H29N5O3/c1-15-4-3-5-16(12-15)22-18(26)13-17-20(28)21-6-7-25(17)19(27)14-24-10-8-23(2)9-11-24/h3-5,12,17H,6-11,13-14H2,1-2H3,(H,21,28)(H,22,26)/t17-/m0/s1. The second-order valence-electron chi connectivity index (χ2n) is 7.60. The quantitative estimate of drug-likeness (QED) is 0.737. The van der Waals surface area contributed by atoms with E-state index in [-0.39, 0.29) is 30.7 Å². The highest BCUT2D eigenvalue weighted by Crippen LogP contribution is 2.14. The minimum absolute atomic E-state index is 0.0474. The van der Waals surface area contributed by atoms with Crippen molar-refractivity contribution in [1.29, 1.82) is 0 Å². The molecule has 2 aliphatic rings. The fourth-order valence-electron chi connectivity index (χ4n) is 3.61. The van der Waals surface area contributed by atoms with Gasteiger partial charge in [-0.1, -0.05) is 12.1 Å². The van der Waals surface area contributed by atoms with E-state index in [1.54, 1.807) is 4.90 Å². The Labute approximate surface area is 165 Å². The van der Waals surface area contributed by atoms with Crippen LogP contribution in [-0.4, -0.2) is 91.3 Å². The summed E-state index contributed by atoms with van der Waals surface area (Å²) in [5, 5.41) is 5.60. The molecule has 1 aromatic rings. The molecule has 1 atom stereocenters. The maximum atomic E-state index is 12.8. The van der Waals surface area contributed by atoms with Crippen molar-refractivity contribution in [3.05, 3.63) is 29.8 Å². The first-order chi connectivity index (χ1) is 13.4. The largest absolute Gasteiger partial charge is 0.353 e. The van der Waals surface area contributed by atoms with Crippen molar-refractivity contribution in [1.82, 2.24) is 20.0 Å². The van der Waals surface area contributed by atoms with Crippen molar-refractivity contribution < 1.29 is 14.4 Å². The van der Waals surface area contributed by atoms with Gasteiger partial charge in [-0.15, -0.1) is 0 Å². The summed E-state index contributed by atoms with van der Waals surface area (Å²) in [6, 6.07) is 6.73. The molecule has 0 aromatic heterocycles. The molecule has 2 N–H and O–H groups in total. The van der Waals surface area contributed by atoms with Gasteiger partial charge >= 0.3 is 0 Å². The van der Waals surface area contributed by atoms with E-state index in [2.05, 4.69) is 27.5 Å². The highest BCUT2D eigenvalue weighted by molar-refractivity contribution is 5.97. The normalized spacial score (nSPS) is 21.3. The predicted molar refractivity (Wildman–Crippen MR) is 107 cm³/mol. The smallest absolute Gasteiger partial charge is 0.243 e. The summed E-state index contributed by atoms with van der Waals surface area (Å²) in [5.41, 5.74) is 1.73. The van der Waals surface area contributed by atoms with Crippen molar-refractivity contribution in [2.45, 2.75) is 19.4 Å². The molecular weight excluding hydrogens is 358 g/mol. The lowest BCUT2D eigenvalue weighted by Gasteiger charge is -2.37. The number of aryl methyl sites for hydroxylation is 1. The molecule has 0 aliphatic carbocycles. The van der Waals surface area contributed by atoms with Gasteiger partial charge in [0.2, 0.25) is 17.7 Å². The van der Waals surface area contributed by atoms with Crippen LogP contribution >= 0.6 is 0 Å². The maximum absolute atomic E-state index is 12.8. The number of benzene rings is 1. The number of nitrogens with one attached hydrogen (secondary N) is 2. The number of carbonyl (C=O) groups excluding carboxylic acids is 3.